The molecule has 0 radical (unpaired) electrons. The third-order valence-corrected chi connectivity index (χ3v) is 4.77. The lowest BCUT2D eigenvalue weighted by Crippen LogP contribution is -2.35. The van der Waals surface area contributed by atoms with E-state index in [1.54, 1.807) is 37.4 Å². The van der Waals surface area contributed by atoms with Crippen LogP contribution in [0.4, 0.5) is 5.69 Å². The Labute approximate surface area is 178 Å². The van der Waals surface area contributed by atoms with Crippen molar-refractivity contribution in [2.75, 3.05) is 39.2 Å². The van der Waals surface area contributed by atoms with Crippen LogP contribution in [0, 0.1) is 0 Å². The predicted octanol–water partition coefficient (Wildman–Crippen LogP) is 3.41. The van der Waals surface area contributed by atoms with Crippen molar-refractivity contribution in [3.05, 3.63) is 45.9 Å². The number of amides is 2. The second kappa shape index (κ2) is 9.24. The van der Waals surface area contributed by atoms with Gasteiger partial charge in [0.15, 0.2) is 11.5 Å². The van der Waals surface area contributed by atoms with Crippen LogP contribution in [0.1, 0.15) is 5.56 Å². The first-order valence-corrected chi connectivity index (χ1v) is 9.58. The molecule has 0 unspecified atom stereocenters. The van der Waals surface area contributed by atoms with E-state index in [4.69, 9.17) is 37.4 Å². The number of fused-ring (bicyclic) bond motifs is 1. The Morgan fingerprint density at radius 2 is 1.93 bits per heavy atom. The summed E-state index contributed by atoms with van der Waals surface area (Å²) in [5.74, 6) is 0.854. The van der Waals surface area contributed by atoms with Gasteiger partial charge in [0.25, 0.3) is 0 Å². The Morgan fingerprint density at radius 3 is 2.69 bits per heavy atom. The standard InChI is InChI=1S/C20H20Cl2N2O5/c1-24(11-18(25)23-15-10-13(21)3-4-16(15)27-2)19(26)9-12-7-14(22)20-17(8-12)28-5-6-29-20/h3-4,7-8,10H,5-6,9,11H2,1-2H3,(H,23,25). The van der Waals surface area contributed by atoms with E-state index in [0.717, 1.165) is 0 Å². The van der Waals surface area contributed by atoms with Gasteiger partial charge in [-0.3, -0.25) is 9.59 Å². The zero-order valence-electron chi connectivity index (χ0n) is 16.0. The fourth-order valence-electron chi connectivity index (χ4n) is 2.85. The molecular weight excluding hydrogens is 419 g/mol. The highest BCUT2D eigenvalue weighted by Gasteiger charge is 2.20. The van der Waals surface area contributed by atoms with Gasteiger partial charge in [-0.05, 0) is 35.9 Å². The molecule has 0 aliphatic carbocycles. The molecule has 0 bridgehead atoms. The minimum atomic E-state index is -0.373. The summed E-state index contributed by atoms with van der Waals surface area (Å²) in [5.41, 5.74) is 1.11. The maximum atomic E-state index is 12.5. The Bertz CT molecular complexity index is 935. The van der Waals surface area contributed by atoms with E-state index in [-0.39, 0.29) is 24.8 Å². The summed E-state index contributed by atoms with van der Waals surface area (Å²) in [5, 5.41) is 3.55. The first-order valence-electron chi connectivity index (χ1n) is 8.82. The van der Waals surface area contributed by atoms with E-state index < -0.39 is 0 Å². The van der Waals surface area contributed by atoms with Gasteiger partial charge in [-0.15, -0.1) is 0 Å². The number of likely N-dealkylation sites (N-methyl/N-ethyl adjacent to an activating group) is 1. The van der Waals surface area contributed by atoms with Gasteiger partial charge < -0.3 is 24.4 Å². The molecule has 0 atom stereocenters. The molecule has 0 aromatic heterocycles. The van der Waals surface area contributed by atoms with Crippen molar-refractivity contribution in [1.82, 2.24) is 4.90 Å². The van der Waals surface area contributed by atoms with Crippen LogP contribution in [-0.2, 0) is 16.0 Å². The highest BCUT2D eigenvalue weighted by atomic mass is 35.5. The summed E-state index contributed by atoms with van der Waals surface area (Å²) < 4.78 is 16.2. The number of benzene rings is 2. The molecular formula is C20H20Cl2N2O5. The number of hydrogen-bond donors (Lipinski definition) is 1. The molecule has 29 heavy (non-hydrogen) atoms. The second-order valence-electron chi connectivity index (χ2n) is 6.42. The molecule has 0 fully saturated rings. The molecule has 1 aliphatic rings. The van der Waals surface area contributed by atoms with Gasteiger partial charge in [0.05, 0.1) is 30.8 Å². The molecule has 154 valence electrons. The molecule has 3 rings (SSSR count). The number of nitrogens with one attached hydrogen (secondary N) is 1. The summed E-state index contributed by atoms with van der Waals surface area (Å²) in [4.78, 5) is 26.2. The number of anilines is 1. The third-order valence-electron chi connectivity index (χ3n) is 4.25. The maximum Gasteiger partial charge on any atom is 0.244 e. The minimum Gasteiger partial charge on any atom is -0.495 e. The normalized spacial score (nSPS) is 12.3. The largest absolute Gasteiger partial charge is 0.495 e. The van der Waals surface area contributed by atoms with Gasteiger partial charge in [0, 0.05) is 12.1 Å². The summed E-state index contributed by atoms with van der Waals surface area (Å²) in [6.45, 7) is 0.723. The van der Waals surface area contributed by atoms with E-state index in [1.807, 2.05) is 0 Å². The summed E-state index contributed by atoms with van der Waals surface area (Å²) >= 11 is 12.2. The zero-order chi connectivity index (χ0) is 21.0. The van der Waals surface area contributed by atoms with Crippen LogP contribution in [0.15, 0.2) is 30.3 Å². The lowest BCUT2D eigenvalue weighted by molar-refractivity contribution is -0.132. The molecule has 9 heteroatoms. The average Bonchev–Trinajstić information content (AvgIpc) is 2.68. The molecule has 1 N–H and O–H groups in total. The number of rotatable bonds is 6. The Morgan fingerprint density at radius 1 is 1.17 bits per heavy atom. The van der Waals surface area contributed by atoms with Gasteiger partial charge in [-0.25, -0.2) is 0 Å². The highest BCUT2D eigenvalue weighted by molar-refractivity contribution is 6.32. The number of ether oxygens (including phenoxy) is 3. The van der Waals surface area contributed by atoms with Crippen LogP contribution in [0.25, 0.3) is 0 Å². The van der Waals surface area contributed by atoms with Crippen LogP contribution in [0.3, 0.4) is 0 Å². The van der Waals surface area contributed by atoms with E-state index >= 15 is 0 Å². The smallest absolute Gasteiger partial charge is 0.244 e. The lowest BCUT2D eigenvalue weighted by atomic mass is 10.1. The molecule has 2 aromatic rings. The lowest BCUT2D eigenvalue weighted by Gasteiger charge is -2.21. The fourth-order valence-corrected chi connectivity index (χ4v) is 3.31. The number of carbonyl (C=O) groups is 2. The number of carbonyl (C=O) groups excluding carboxylic acids is 2. The van der Waals surface area contributed by atoms with Gasteiger partial charge in [0.2, 0.25) is 11.8 Å². The number of nitrogens with zero attached hydrogens (tertiary/aromatic N) is 1. The van der Waals surface area contributed by atoms with Crippen molar-refractivity contribution in [2.45, 2.75) is 6.42 Å². The van der Waals surface area contributed by atoms with Crippen LogP contribution in [-0.4, -0.2) is 50.6 Å². The van der Waals surface area contributed by atoms with E-state index in [9.17, 15) is 9.59 Å². The number of methoxy groups -OCH3 is 1. The Balaban J connectivity index is 1.61. The number of halogens is 2. The second-order valence-corrected chi connectivity index (χ2v) is 7.26. The van der Waals surface area contributed by atoms with Gasteiger partial charge in [-0.2, -0.15) is 0 Å². The Kier molecular flexibility index (Phi) is 6.71. The highest BCUT2D eigenvalue weighted by Crippen LogP contribution is 2.38. The summed E-state index contributed by atoms with van der Waals surface area (Å²) in [7, 11) is 3.05. The van der Waals surface area contributed by atoms with Crippen molar-refractivity contribution >= 4 is 40.7 Å². The van der Waals surface area contributed by atoms with E-state index in [2.05, 4.69) is 5.32 Å². The van der Waals surface area contributed by atoms with Crippen LogP contribution in [0.5, 0.6) is 17.2 Å². The van der Waals surface area contributed by atoms with Gasteiger partial charge >= 0.3 is 0 Å². The Hall–Kier alpha value is -2.64. The van der Waals surface area contributed by atoms with Gasteiger partial charge in [0.1, 0.15) is 19.0 Å². The van der Waals surface area contributed by atoms with Crippen molar-refractivity contribution < 1.29 is 23.8 Å². The molecule has 2 aromatic carbocycles. The average molecular weight is 439 g/mol. The topological polar surface area (TPSA) is 77.1 Å². The van der Waals surface area contributed by atoms with Crippen LogP contribution >= 0.6 is 23.2 Å². The monoisotopic (exact) mass is 438 g/mol. The molecule has 7 nitrogen and oxygen atoms in total. The zero-order valence-corrected chi connectivity index (χ0v) is 17.5. The van der Waals surface area contributed by atoms with Crippen LogP contribution in [0.2, 0.25) is 10.0 Å². The first-order chi connectivity index (χ1) is 13.9. The van der Waals surface area contributed by atoms with E-state index in [0.29, 0.717) is 51.8 Å². The summed E-state index contributed by atoms with van der Waals surface area (Å²) in [6, 6.07) is 8.28. The van der Waals surface area contributed by atoms with Crippen molar-refractivity contribution in [1.29, 1.82) is 0 Å². The third kappa shape index (κ3) is 5.25. The molecule has 1 heterocycles. The first kappa shape index (κ1) is 21.1. The fraction of sp³-hybridized carbons (Fsp3) is 0.300. The van der Waals surface area contributed by atoms with Gasteiger partial charge in [-0.1, -0.05) is 23.2 Å². The van der Waals surface area contributed by atoms with Crippen molar-refractivity contribution in [3.8, 4) is 17.2 Å². The predicted molar refractivity (Wildman–Crippen MR) is 110 cm³/mol. The molecule has 1 aliphatic heterocycles. The number of hydrogen-bond acceptors (Lipinski definition) is 5. The van der Waals surface area contributed by atoms with Crippen molar-refractivity contribution in [2.24, 2.45) is 0 Å². The van der Waals surface area contributed by atoms with Crippen LogP contribution < -0.4 is 19.5 Å². The molecule has 0 saturated heterocycles. The molecule has 2 amide bonds. The SMILES string of the molecule is COc1ccc(Cl)cc1NC(=O)CN(C)C(=O)Cc1cc(Cl)c2c(c1)OCCO2. The minimum absolute atomic E-state index is 0.0701. The summed E-state index contributed by atoms with van der Waals surface area (Å²) in [6.07, 6.45) is 0.0701. The quantitative estimate of drug-likeness (QED) is 0.747. The van der Waals surface area contributed by atoms with Crippen molar-refractivity contribution in [3.63, 3.8) is 0 Å². The maximum absolute atomic E-state index is 12.5. The molecule has 0 saturated carbocycles. The van der Waals surface area contributed by atoms with E-state index in [1.165, 1.54) is 12.0 Å². The molecule has 0 spiro atoms.